The number of benzene rings is 2. The van der Waals surface area contributed by atoms with E-state index < -0.39 is 50.3 Å². The van der Waals surface area contributed by atoms with Gasteiger partial charge in [0.15, 0.2) is 5.01 Å². The normalized spacial score (nSPS) is 10.3. The fourth-order valence-electron chi connectivity index (χ4n) is 2.80. The van der Waals surface area contributed by atoms with Crippen molar-refractivity contribution in [2.24, 2.45) is 0 Å². The number of urea groups is 1. The lowest BCUT2D eigenvalue weighted by Gasteiger charge is -2.06. The Kier molecular flexibility index (Phi) is 7.25. The number of carbonyl (C=O) groups excluding carboxylic acids is 2. The first kappa shape index (κ1) is 24.6. The van der Waals surface area contributed by atoms with Crippen LogP contribution in [0.1, 0.15) is 27.6 Å². The highest BCUT2D eigenvalue weighted by Crippen LogP contribution is 2.37. The van der Waals surface area contributed by atoms with Gasteiger partial charge in [-0.15, -0.1) is 10.2 Å². The molecule has 35 heavy (non-hydrogen) atoms. The number of hydrogen-bond donors (Lipinski definition) is 3. The Morgan fingerprint density at radius 2 is 1.74 bits per heavy atom. The summed E-state index contributed by atoms with van der Waals surface area (Å²) in [5.74, 6) is -2.22. The van der Waals surface area contributed by atoms with Crippen LogP contribution in [0, 0.1) is 20.2 Å². The van der Waals surface area contributed by atoms with E-state index in [1.807, 2.05) is 0 Å². The molecule has 0 bridgehead atoms. The van der Waals surface area contributed by atoms with Crippen LogP contribution in [-0.2, 0) is 4.74 Å². The van der Waals surface area contributed by atoms with E-state index in [-0.39, 0.29) is 22.3 Å². The number of aromatic nitrogens is 2. The van der Waals surface area contributed by atoms with Gasteiger partial charge in [-0.05, 0) is 31.2 Å². The molecule has 3 aromatic rings. The number of rotatable bonds is 8. The molecule has 0 saturated carbocycles. The molecular formula is C19H14N6O9S. The Labute approximate surface area is 198 Å². The van der Waals surface area contributed by atoms with E-state index in [1.165, 1.54) is 24.3 Å². The van der Waals surface area contributed by atoms with Crippen molar-refractivity contribution in [2.45, 2.75) is 6.92 Å². The van der Waals surface area contributed by atoms with Crippen molar-refractivity contribution in [3.8, 4) is 10.6 Å². The highest BCUT2D eigenvalue weighted by Gasteiger charge is 2.31. The van der Waals surface area contributed by atoms with Crippen LogP contribution in [0.25, 0.3) is 10.6 Å². The Balaban J connectivity index is 1.82. The number of nitro benzene ring substituents is 2. The third-order valence-electron chi connectivity index (χ3n) is 4.25. The number of nitrogens with one attached hydrogen (secondary N) is 2. The summed E-state index contributed by atoms with van der Waals surface area (Å²) in [6.45, 7) is 1.88. The monoisotopic (exact) mass is 502 g/mol. The van der Waals surface area contributed by atoms with Crippen LogP contribution in [0.4, 0.5) is 27.0 Å². The molecule has 2 amide bonds. The summed E-state index contributed by atoms with van der Waals surface area (Å²) in [7, 11) is 0. The predicted molar refractivity (Wildman–Crippen MR) is 121 cm³/mol. The van der Waals surface area contributed by atoms with E-state index >= 15 is 0 Å². The standard InChI is InChI=1S/C19H14N6O9S/c1-2-34-17(28)9-3-5-10(6-4-9)20-18(29)21-19-23-22-15(35-19)12-7-11(24(30)31)8-13(25(32)33)14(12)16(26)27/h3-8H,2H2,1H3,(H,26,27)(H2,20,21,23,29). The molecule has 1 aromatic heterocycles. The number of non-ortho nitro benzene ring substituents is 1. The smallest absolute Gasteiger partial charge is 0.343 e. The molecule has 0 spiro atoms. The zero-order valence-corrected chi connectivity index (χ0v) is 18.4. The van der Waals surface area contributed by atoms with E-state index in [9.17, 15) is 39.7 Å². The Hall–Kier alpha value is -4.99. The molecule has 0 radical (unpaired) electrons. The van der Waals surface area contributed by atoms with Crippen LogP contribution in [0.2, 0.25) is 0 Å². The average molecular weight is 502 g/mol. The van der Waals surface area contributed by atoms with Crippen molar-refractivity contribution in [2.75, 3.05) is 17.2 Å². The topological polar surface area (TPSA) is 217 Å². The third-order valence-corrected chi connectivity index (χ3v) is 5.13. The molecule has 0 atom stereocenters. The summed E-state index contributed by atoms with van der Waals surface area (Å²) in [4.78, 5) is 56.1. The van der Waals surface area contributed by atoms with E-state index in [4.69, 9.17) is 4.74 Å². The molecular weight excluding hydrogens is 488 g/mol. The number of carbonyl (C=O) groups is 3. The maximum absolute atomic E-state index is 12.3. The average Bonchev–Trinajstić information content (AvgIpc) is 3.26. The van der Waals surface area contributed by atoms with Gasteiger partial charge in [0.1, 0.15) is 5.56 Å². The first-order valence-corrected chi connectivity index (χ1v) is 10.3. The zero-order chi connectivity index (χ0) is 25.7. The van der Waals surface area contributed by atoms with Crippen LogP contribution in [0.15, 0.2) is 36.4 Å². The number of nitrogens with zero attached hydrogens (tertiary/aromatic N) is 4. The van der Waals surface area contributed by atoms with Crippen molar-refractivity contribution in [1.82, 2.24) is 10.2 Å². The van der Waals surface area contributed by atoms with Crippen LogP contribution >= 0.6 is 11.3 Å². The van der Waals surface area contributed by atoms with Crippen molar-refractivity contribution in [3.63, 3.8) is 0 Å². The molecule has 0 aliphatic rings. The minimum absolute atomic E-state index is 0.119. The first-order valence-electron chi connectivity index (χ1n) is 9.49. The number of amides is 2. The SMILES string of the molecule is CCOC(=O)c1ccc(NC(=O)Nc2nnc(-c3cc([N+](=O)[O-])cc([N+](=O)[O-])c3C(=O)O)s2)cc1. The largest absolute Gasteiger partial charge is 0.477 e. The van der Waals surface area contributed by atoms with Gasteiger partial charge in [-0.25, -0.2) is 14.4 Å². The number of ether oxygens (including phenoxy) is 1. The van der Waals surface area contributed by atoms with Crippen molar-refractivity contribution in [3.05, 3.63) is 67.8 Å². The lowest BCUT2D eigenvalue weighted by molar-refractivity contribution is -0.394. The molecule has 3 N–H and O–H groups in total. The second kappa shape index (κ2) is 10.3. The fraction of sp³-hybridized carbons (Fsp3) is 0.105. The number of carboxylic acid groups (broad SMARTS) is 1. The minimum Gasteiger partial charge on any atom is -0.477 e. The Morgan fingerprint density at radius 1 is 1.06 bits per heavy atom. The van der Waals surface area contributed by atoms with Gasteiger partial charge in [0.25, 0.3) is 11.4 Å². The third kappa shape index (κ3) is 5.69. The molecule has 0 aliphatic carbocycles. The van der Waals surface area contributed by atoms with E-state index in [0.717, 1.165) is 6.07 Å². The molecule has 0 aliphatic heterocycles. The molecule has 3 rings (SSSR count). The number of esters is 1. The number of anilines is 2. The van der Waals surface area contributed by atoms with Crippen molar-refractivity contribution < 1.29 is 34.1 Å². The summed E-state index contributed by atoms with van der Waals surface area (Å²) >= 11 is 0.645. The maximum Gasteiger partial charge on any atom is 0.343 e. The minimum atomic E-state index is -1.70. The molecule has 2 aromatic carbocycles. The van der Waals surface area contributed by atoms with Crippen LogP contribution in [0.5, 0.6) is 0 Å². The Bertz CT molecular complexity index is 1340. The van der Waals surface area contributed by atoms with Crippen LogP contribution in [0.3, 0.4) is 0 Å². The molecule has 15 nitrogen and oxygen atoms in total. The summed E-state index contributed by atoms with van der Waals surface area (Å²) < 4.78 is 4.87. The number of nitro groups is 2. The van der Waals surface area contributed by atoms with Gasteiger partial charge >= 0.3 is 18.0 Å². The summed E-state index contributed by atoms with van der Waals surface area (Å²) in [6, 6.07) is 6.40. The van der Waals surface area contributed by atoms with Crippen molar-refractivity contribution >= 4 is 51.5 Å². The highest BCUT2D eigenvalue weighted by atomic mass is 32.1. The molecule has 16 heteroatoms. The van der Waals surface area contributed by atoms with Gasteiger partial charge in [-0.3, -0.25) is 25.5 Å². The fourth-order valence-corrected chi connectivity index (χ4v) is 3.56. The lowest BCUT2D eigenvalue weighted by Crippen LogP contribution is -2.19. The number of hydrogen-bond acceptors (Lipinski definition) is 11. The first-order chi connectivity index (χ1) is 16.6. The summed E-state index contributed by atoms with van der Waals surface area (Å²) in [5, 5.41) is 43.8. The van der Waals surface area contributed by atoms with E-state index in [2.05, 4.69) is 20.8 Å². The van der Waals surface area contributed by atoms with E-state index in [1.54, 1.807) is 6.92 Å². The van der Waals surface area contributed by atoms with Gasteiger partial charge in [0, 0.05) is 17.3 Å². The van der Waals surface area contributed by atoms with E-state index in [0.29, 0.717) is 23.1 Å². The van der Waals surface area contributed by atoms with Gasteiger partial charge in [-0.1, -0.05) is 11.3 Å². The second-order valence-electron chi connectivity index (χ2n) is 6.50. The summed E-state index contributed by atoms with van der Waals surface area (Å²) in [5.41, 5.74) is -2.32. The van der Waals surface area contributed by atoms with Gasteiger partial charge in [-0.2, -0.15) is 0 Å². The predicted octanol–water partition coefficient (Wildman–Crippen LogP) is 3.54. The molecule has 0 saturated heterocycles. The van der Waals surface area contributed by atoms with Crippen LogP contribution < -0.4 is 10.6 Å². The lowest BCUT2D eigenvalue weighted by atomic mass is 10.0. The molecule has 0 unspecified atom stereocenters. The van der Waals surface area contributed by atoms with Gasteiger partial charge < -0.3 is 15.2 Å². The molecule has 180 valence electrons. The van der Waals surface area contributed by atoms with Crippen molar-refractivity contribution in [1.29, 1.82) is 0 Å². The quantitative estimate of drug-likeness (QED) is 0.230. The molecule has 0 fully saturated rings. The number of carboxylic acids is 1. The maximum atomic E-state index is 12.3. The Morgan fingerprint density at radius 3 is 2.31 bits per heavy atom. The number of aromatic carboxylic acids is 1. The molecule has 1 heterocycles. The zero-order valence-electron chi connectivity index (χ0n) is 17.6. The van der Waals surface area contributed by atoms with Crippen LogP contribution in [-0.4, -0.2) is 49.7 Å². The second-order valence-corrected chi connectivity index (χ2v) is 7.47. The summed E-state index contributed by atoms with van der Waals surface area (Å²) in [6.07, 6.45) is 0. The highest BCUT2D eigenvalue weighted by molar-refractivity contribution is 7.18. The van der Waals surface area contributed by atoms with Gasteiger partial charge in [0.2, 0.25) is 5.13 Å². The van der Waals surface area contributed by atoms with Gasteiger partial charge in [0.05, 0.1) is 28.1 Å².